The molecule has 5 heteroatoms. The van der Waals surface area contributed by atoms with Crippen LogP contribution in [0.2, 0.25) is 0 Å². The molecule has 3 aliphatic rings. The number of carbonyl (C=O) groups is 2. The molecule has 138 valence electrons. The van der Waals surface area contributed by atoms with Crippen molar-refractivity contribution in [2.75, 3.05) is 19.8 Å². The summed E-state index contributed by atoms with van der Waals surface area (Å²) in [5, 5.41) is 0. The maximum absolute atomic E-state index is 12.6. The average molecular weight is 347 g/mol. The lowest BCUT2D eigenvalue weighted by Crippen LogP contribution is -2.41. The van der Waals surface area contributed by atoms with Crippen LogP contribution >= 0.6 is 0 Å². The largest absolute Gasteiger partial charge is 0.466 e. The molecule has 1 amide bonds. The number of nitrogens with two attached hydrogens (primary N) is 1. The Hall–Kier alpha value is -1.62. The van der Waals surface area contributed by atoms with Gasteiger partial charge in [-0.3, -0.25) is 9.59 Å². The number of primary amides is 1. The van der Waals surface area contributed by atoms with Crippen molar-refractivity contribution >= 4 is 11.9 Å². The van der Waals surface area contributed by atoms with Gasteiger partial charge in [0, 0.05) is 6.61 Å². The lowest BCUT2D eigenvalue weighted by atomic mass is 9.64. The Morgan fingerprint density at radius 3 is 2.68 bits per heavy atom. The summed E-state index contributed by atoms with van der Waals surface area (Å²) in [6.45, 7) is 5.28. The predicted molar refractivity (Wildman–Crippen MR) is 94.4 cm³/mol. The van der Waals surface area contributed by atoms with E-state index in [1.54, 1.807) is 0 Å². The van der Waals surface area contributed by atoms with Crippen LogP contribution in [0.3, 0.4) is 0 Å². The van der Waals surface area contributed by atoms with Gasteiger partial charge in [-0.05, 0) is 49.5 Å². The minimum Gasteiger partial charge on any atom is -0.466 e. The smallest absolute Gasteiger partial charge is 0.309 e. The fourth-order valence-corrected chi connectivity index (χ4v) is 4.44. The number of carbonyl (C=O) groups excluding carboxylic acids is 2. The average Bonchev–Trinajstić information content (AvgIpc) is 3.02. The third-order valence-corrected chi connectivity index (χ3v) is 6.22. The van der Waals surface area contributed by atoms with E-state index in [2.05, 4.69) is 19.1 Å². The van der Waals surface area contributed by atoms with Gasteiger partial charge in [0.15, 0.2) is 0 Å². The number of ether oxygens (including phenoxy) is 2. The molecule has 0 radical (unpaired) electrons. The lowest BCUT2D eigenvalue weighted by Gasteiger charge is -2.40. The fraction of sp³-hybridized carbons (Fsp3) is 0.700. The van der Waals surface area contributed by atoms with Gasteiger partial charge in [-0.1, -0.05) is 31.6 Å². The summed E-state index contributed by atoms with van der Waals surface area (Å²) in [5.74, 6) is 0.173. The number of rotatable bonds is 6. The van der Waals surface area contributed by atoms with Gasteiger partial charge >= 0.3 is 5.97 Å². The van der Waals surface area contributed by atoms with Gasteiger partial charge < -0.3 is 15.2 Å². The molecule has 0 bridgehead atoms. The van der Waals surface area contributed by atoms with Crippen molar-refractivity contribution in [3.63, 3.8) is 0 Å². The second-order valence-corrected chi connectivity index (χ2v) is 7.64. The van der Waals surface area contributed by atoms with Crippen molar-refractivity contribution in [1.82, 2.24) is 0 Å². The third kappa shape index (κ3) is 3.26. The van der Waals surface area contributed by atoms with E-state index in [0.29, 0.717) is 32.2 Å². The van der Waals surface area contributed by atoms with E-state index in [9.17, 15) is 9.59 Å². The molecule has 2 fully saturated rings. The highest BCUT2D eigenvalue weighted by atomic mass is 16.5. The van der Waals surface area contributed by atoms with Crippen LogP contribution in [0.15, 0.2) is 23.8 Å². The quantitative estimate of drug-likeness (QED) is 0.749. The van der Waals surface area contributed by atoms with Crippen LogP contribution in [-0.2, 0) is 19.1 Å². The maximum Gasteiger partial charge on any atom is 0.309 e. The van der Waals surface area contributed by atoms with E-state index in [-0.39, 0.29) is 29.6 Å². The van der Waals surface area contributed by atoms with E-state index >= 15 is 0 Å². The highest BCUT2D eigenvalue weighted by Gasteiger charge is 2.46. The topological polar surface area (TPSA) is 78.6 Å². The van der Waals surface area contributed by atoms with Crippen molar-refractivity contribution < 1.29 is 19.1 Å². The Kier molecular flexibility index (Phi) is 5.32. The normalized spacial score (nSPS) is 33.4. The van der Waals surface area contributed by atoms with Crippen molar-refractivity contribution in [2.45, 2.75) is 39.5 Å². The Morgan fingerprint density at radius 2 is 2.20 bits per heavy atom. The molecule has 2 N–H and O–H groups in total. The van der Waals surface area contributed by atoms with Gasteiger partial charge in [0.1, 0.15) is 0 Å². The molecule has 0 aromatic carbocycles. The summed E-state index contributed by atoms with van der Waals surface area (Å²) in [7, 11) is 0. The molecule has 25 heavy (non-hydrogen) atoms. The molecular weight excluding hydrogens is 318 g/mol. The Balaban J connectivity index is 1.82. The zero-order chi connectivity index (χ0) is 18.0. The van der Waals surface area contributed by atoms with Gasteiger partial charge in [-0.2, -0.15) is 0 Å². The zero-order valence-electron chi connectivity index (χ0n) is 15.2. The molecule has 4 unspecified atom stereocenters. The summed E-state index contributed by atoms with van der Waals surface area (Å²) in [6, 6.07) is 0. The van der Waals surface area contributed by atoms with Crippen molar-refractivity contribution in [2.24, 2.45) is 34.8 Å². The molecule has 5 nitrogen and oxygen atoms in total. The zero-order valence-corrected chi connectivity index (χ0v) is 15.2. The van der Waals surface area contributed by atoms with Crippen molar-refractivity contribution in [1.29, 1.82) is 0 Å². The first-order valence-electron chi connectivity index (χ1n) is 9.44. The molecule has 4 atom stereocenters. The monoisotopic (exact) mass is 347 g/mol. The molecule has 1 aliphatic heterocycles. The van der Waals surface area contributed by atoms with Crippen LogP contribution in [-0.4, -0.2) is 31.7 Å². The van der Waals surface area contributed by atoms with Gasteiger partial charge in [0.2, 0.25) is 5.91 Å². The number of allylic oxidation sites excluding steroid dienone is 3. The standard InChI is InChI=1S/C20H29NO4/c1-3-25-18(22)17(14-5-4-6-14)16-8-7-15(11-13(16)2)20(19(21)23)9-10-24-12-20/h7-8,11,13-14,16-17H,3-6,9-10,12H2,1-2H3,(H2,21,23). The minimum absolute atomic E-state index is 0.0839. The van der Waals surface area contributed by atoms with E-state index in [1.807, 2.05) is 13.0 Å². The van der Waals surface area contributed by atoms with Gasteiger partial charge in [-0.15, -0.1) is 0 Å². The van der Waals surface area contributed by atoms with Crippen molar-refractivity contribution in [3.05, 3.63) is 23.8 Å². The van der Waals surface area contributed by atoms with E-state index in [1.165, 1.54) is 6.42 Å². The first-order chi connectivity index (χ1) is 12.0. The van der Waals surface area contributed by atoms with Gasteiger partial charge in [0.25, 0.3) is 0 Å². The summed E-state index contributed by atoms with van der Waals surface area (Å²) in [5.41, 5.74) is 5.93. The Labute approximate surface area is 149 Å². The van der Waals surface area contributed by atoms with Gasteiger partial charge in [0.05, 0.1) is 24.5 Å². The van der Waals surface area contributed by atoms with Crippen LogP contribution in [0.25, 0.3) is 0 Å². The van der Waals surface area contributed by atoms with E-state index < -0.39 is 5.41 Å². The van der Waals surface area contributed by atoms with Crippen LogP contribution < -0.4 is 5.73 Å². The third-order valence-electron chi connectivity index (χ3n) is 6.22. The molecule has 2 aliphatic carbocycles. The van der Waals surface area contributed by atoms with Crippen LogP contribution in [0.4, 0.5) is 0 Å². The molecule has 3 rings (SSSR count). The maximum atomic E-state index is 12.6. The Morgan fingerprint density at radius 1 is 1.44 bits per heavy atom. The molecule has 0 aromatic heterocycles. The molecule has 1 saturated heterocycles. The van der Waals surface area contributed by atoms with Crippen LogP contribution in [0.5, 0.6) is 0 Å². The minimum atomic E-state index is -0.717. The van der Waals surface area contributed by atoms with Crippen LogP contribution in [0, 0.1) is 29.1 Å². The fourth-order valence-electron chi connectivity index (χ4n) is 4.44. The van der Waals surface area contributed by atoms with Crippen molar-refractivity contribution in [3.8, 4) is 0 Å². The second kappa shape index (κ2) is 7.32. The second-order valence-electron chi connectivity index (χ2n) is 7.64. The molecule has 0 aromatic rings. The summed E-state index contributed by atoms with van der Waals surface area (Å²) >= 11 is 0. The highest BCUT2D eigenvalue weighted by Crippen LogP contribution is 2.46. The molecule has 0 spiro atoms. The predicted octanol–water partition coefficient (Wildman–Crippen LogP) is 2.61. The first kappa shape index (κ1) is 18.2. The van der Waals surface area contributed by atoms with Gasteiger partial charge in [-0.25, -0.2) is 0 Å². The number of hydrogen-bond donors (Lipinski definition) is 1. The number of esters is 1. The number of hydrogen-bond acceptors (Lipinski definition) is 4. The lowest BCUT2D eigenvalue weighted by molar-refractivity contribution is -0.153. The summed E-state index contributed by atoms with van der Waals surface area (Å²) in [4.78, 5) is 24.7. The highest BCUT2D eigenvalue weighted by molar-refractivity contribution is 5.85. The first-order valence-corrected chi connectivity index (χ1v) is 9.44. The summed E-state index contributed by atoms with van der Waals surface area (Å²) < 4.78 is 10.8. The van der Waals surface area contributed by atoms with E-state index in [4.69, 9.17) is 15.2 Å². The Bertz CT molecular complexity index is 585. The molecular formula is C20H29NO4. The SMILES string of the molecule is CCOC(=O)C(C1CCC1)C1C=CC(C2(C(N)=O)CCOC2)=CC1C. The molecule has 1 heterocycles. The van der Waals surface area contributed by atoms with Crippen LogP contribution in [0.1, 0.15) is 39.5 Å². The molecule has 1 saturated carbocycles. The van der Waals surface area contributed by atoms with E-state index in [0.717, 1.165) is 18.4 Å². The summed E-state index contributed by atoms with van der Waals surface area (Å²) in [6.07, 6.45) is 10.2. The number of amides is 1.